The van der Waals surface area contributed by atoms with E-state index in [4.69, 9.17) is 4.74 Å². The molecule has 0 fully saturated rings. The second kappa shape index (κ2) is 7.84. The van der Waals surface area contributed by atoms with Crippen molar-refractivity contribution in [2.45, 2.75) is 43.4 Å². The Kier molecular flexibility index (Phi) is 5.74. The number of sulfone groups is 1. The standard InChI is InChI=1S/C20H25FN4O4S/c1-12(26)9-22-18-7-13(6-17(21)24-18)14-10-23-19-8-15(29-5)16(11-25(14)19)30(27,28)20(2,3)4/h6-8,10-12,26H,9H2,1-5H3,(H,22,24)/t12-/m1/s1. The molecule has 2 N–H and O–H groups in total. The third-order valence-electron chi connectivity index (χ3n) is 4.56. The van der Waals surface area contributed by atoms with Crippen LogP contribution < -0.4 is 10.1 Å². The van der Waals surface area contributed by atoms with Crippen molar-refractivity contribution in [2.75, 3.05) is 19.0 Å². The van der Waals surface area contributed by atoms with Crippen molar-refractivity contribution in [3.05, 3.63) is 36.5 Å². The minimum atomic E-state index is -3.72. The van der Waals surface area contributed by atoms with Crippen LogP contribution in [0.3, 0.4) is 0 Å². The molecule has 0 spiro atoms. The van der Waals surface area contributed by atoms with Crippen LogP contribution in [-0.2, 0) is 9.84 Å². The van der Waals surface area contributed by atoms with Crippen molar-refractivity contribution in [3.63, 3.8) is 0 Å². The number of aliphatic hydroxyl groups excluding tert-OH is 1. The smallest absolute Gasteiger partial charge is 0.215 e. The first-order valence-electron chi connectivity index (χ1n) is 9.33. The number of rotatable bonds is 6. The van der Waals surface area contributed by atoms with Gasteiger partial charge in [0.15, 0.2) is 9.84 Å². The van der Waals surface area contributed by atoms with Gasteiger partial charge in [0.25, 0.3) is 0 Å². The quantitative estimate of drug-likeness (QED) is 0.572. The van der Waals surface area contributed by atoms with E-state index in [1.807, 2.05) is 0 Å². The molecule has 3 aromatic rings. The first-order valence-corrected chi connectivity index (χ1v) is 10.8. The van der Waals surface area contributed by atoms with Gasteiger partial charge in [-0.1, -0.05) is 0 Å². The lowest BCUT2D eigenvalue weighted by Crippen LogP contribution is -2.28. The van der Waals surface area contributed by atoms with E-state index in [1.54, 1.807) is 38.2 Å². The molecule has 0 aliphatic heterocycles. The van der Waals surface area contributed by atoms with Crippen molar-refractivity contribution in [2.24, 2.45) is 0 Å². The summed E-state index contributed by atoms with van der Waals surface area (Å²) in [7, 11) is -2.32. The van der Waals surface area contributed by atoms with Gasteiger partial charge < -0.3 is 15.2 Å². The van der Waals surface area contributed by atoms with Crippen LogP contribution >= 0.6 is 0 Å². The number of anilines is 1. The van der Waals surface area contributed by atoms with Gasteiger partial charge in [-0.05, 0) is 33.8 Å². The summed E-state index contributed by atoms with van der Waals surface area (Å²) in [5.41, 5.74) is 1.39. The van der Waals surface area contributed by atoms with Crippen LogP contribution in [0.5, 0.6) is 5.75 Å². The molecule has 30 heavy (non-hydrogen) atoms. The summed E-state index contributed by atoms with van der Waals surface area (Å²) in [4.78, 5) is 8.10. The van der Waals surface area contributed by atoms with Crippen LogP contribution in [0.25, 0.3) is 16.9 Å². The summed E-state index contributed by atoms with van der Waals surface area (Å²) < 4.78 is 46.1. The first-order chi connectivity index (χ1) is 13.9. The number of imidazole rings is 1. The number of ether oxygens (including phenoxy) is 1. The number of pyridine rings is 2. The summed E-state index contributed by atoms with van der Waals surface area (Å²) in [6.45, 7) is 6.63. The number of halogens is 1. The molecule has 0 unspecified atom stereocenters. The molecule has 0 saturated carbocycles. The van der Waals surface area contributed by atoms with E-state index in [9.17, 15) is 17.9 Å². The molecule has 0 saturated heterocycles. The van der Waals surface area contributed by atoms with Crippen LogP contribution in [0, 0.1) is 5.95 Å². The number of aromatic nitrogens is 3. The van der Waals surface area contributed by atoms with Crippen LogP contribution in [-0.4, -0.2) is 52.4 Å². The lowest BCUT2D eigenvalue weighted by molar-refractivity contribution is 0.208. The van der Waals surface area contributed by atoms with Gasteiger partial charge >= 0.3 is 0 Å². The van der Waals surface area contributed by atoms with Crippen LogP contribution in [0.15, 0.2) is 35.5 Å². The number of nitrogens with one attached hydrogen (secondary N) is 1. The lowest BCUT2D eigenvalue weighted by atomic mass is 10.2. The highest BCUT2D eigenvalue weighted by atomic mass is 32.2. The number of methoxy groups -OCH3 is 1. The van der Waals surface area contributed by atoms with Gasteiger partial charge in [-0.3, -0.25) is 4.40 Å². The SMILES string of the molecule is COc1cc2ncc(-c3cc(F)nc(NC[C@@H](C)O)c3)n2cc1S(=O)(=O)C(C)(C)C. The predicted molar refractivity (Wildman–Crippen MR) is 112 cm³/mol. The highest BCUT2D eigenvalue weighted by Crippen LogP contribution is 2.34. The van der Waals surface area contributed by atoms with Crippen LogP contribution in [0.2, 0.25) is 0 Å². The molecule has 0 amide bonds. The van der Waals surface area contributed by atoms with E-state index in [2.05, 4.69) is 15.3 Å². The van der Waals surface area contributed by atoms with Gasteiger partial charge in [0.1, 0.15) is 22.1 Å². The Morgan fingerprint density at radius 1 is 1.30 bits per heavy atom. The van der Waals surface area contributed by atoms with Gasteiger partial charge in [-0.15, -0.1) is 0 Å². The van der Waals surface area contributed by atoms with Gasteiger partial charge in [-0.2, -0.15) is 4.39 Å². The number of hydrogen-bond acceptors (Lipinski definition) is 7. The van der Waals surface area contributed by atoms with E-state index < -0.39 is 26.6 Å². The van der Waals surface area contributed by atoms with E-state index in [0.717, 1.165) is 0 Å². The summed E-state index contributed by atoms with van der Waals surface area (Å²) in [6, 6.07) is 4.38. The molecular weight excluding hydrogens is 411 g/mol. The molecule has 3 heterocycles. The molecule has 162 valence electrons. The monoisotopic (exact) mass is 436 g/mol. The number of fused-ring (bicyclic) bond motifs is 1. The van der Waals surface area contributed by atoms with Crippen molar-refractivity contribution in [3.8, 4) is 17.0 Å². The van der Waals surface area contributed by atoms with Crippen molar-refractivity contribution in [1.29, 1.82) is 0 Å². The molecule has 0 aliphatic carbocycles. The van der Waals surface area contributed by atoms with Crippen molar-refractivity contribution >= 4 is 21.3 Å². The largest absolute Gasteiger partial charge is 0.495 e. The topological polar surface area (TPSA) is 106 Å². The molecule has 0 radical (unpaired) electrons. The number of hydrogen-bond donors (Lipinski definition) is 2. The fourth-order valence-corrected chi connectivity index (χ4v) is 4.19. The number of aliphatic hydroxyl groups is 1. The normalized spacial score (nSPS) is 13.4. The Labute approximate surface area is 174 Å². The van der Waals surface area contributed by atoms with Gasteiger partial charge in [-0.25, -0.2) is 18.4 Å². The molecule has 1 atom stereocenters. The third-order valence-corrected chi connectivity index (χ3v) is 7.06. The summed E-state index contributed by atoms with van der Waals surface area (Å²) in [5, 5.41) is 12.3. The molecule has 0 aliphatic rings. The Balaban J connectivity index is 2.19. The minimum absolute atomic E-state index is 0.0197. The molecular formula is C20H25FN4O4S. The molecule has 8 nitrogen and oxygen atoms in total. The second-order valence-electron chi connectivity index (χ2n) is 7.99. The maximum atomic E-state index is 14.1. The third kappa shape index (κ3) is 4.10. The molecule has 3 aromatic heterocycles. The van der Waals surface area contributed by atoms with Crippen molar-refractivity contribution < 1.29 is 22.7 Å². The maximum absolute atomic E-state index is 14.1. The van der Waals surface area contributed by atoms with Gasteiger partial charge in [0, 0.05) is 30.4 Å². The van der Waals surface area contributed by atoms with Crippen LogP contribution in [0.1, 0.15) is 27.7 Å². The van der Waals surface area contributed by atoms with E-state index in [-0.39, 0.29) is 23.0 Å². The molecule has 0 bridgehead atoms. The van der Waals surface area contributed by atoms with E-state index in [1.165, 1.54) is 31.6 Å². The lowest BCUT2D eigenvalue weighted by Gasteiger charge is -2.21. The molecule has 10 heteroatoms. The maximum Gasteiger partial charge on any atom is 0.215 e. The summed E-state index contributed by atoms with van der Waals surface area (Å²) in [5.74, 6) is -0.279. The summed E-state index contributed by atoms with van der Waals surface area (Å²) >= 11 is 0. The zero-order valence-corrected chi connectivity index (χ0v) is 18.3. The highest BCUT2D eigenvalue weighted by molar-refractivity contribution is 7.92. The zero-order valence-electron chi connectivity index (χ0n) is 17.5. The average molecular weight is 437 g/mol. The minimum Gasteiger partial charge on any atom is -0.495 e. The summed E-state index contributed by atoms with van der Waals surface area (Å²) in [6.07, 6.45) is 2.33. The van der Waals surface area contributed by atoms with Gasteiger partial charge in [0.2, 0.25) is 5.95 Å². The zero-order chi connectivity index (χ0) is 22.3. The Bertz CT molecular complexity index is 1180. The number of nitrogens with zero attached hydrogens (tertiary/aromatic N) is 3. The Morgan fingerprint density at radius 2 is 2.00 bits per heavy atom. The van der Waals surface area contributed by atoms with Crippen molar-refractivity contribution in [1.82, 2.24) is 14.4 Å². The van der Waals surface area contributed by atoms with E-state index >= 15 is 0 Å². The predicted octanol–water partition coefficient (Wildman–Crippen LogP) is 2.91. The van der Waals surface area contributed by atoms with Crippen LogP contribution in [0.4, 0.5) is 10.2 Å². The first kappa shape index (κ1) is 22.0. The fourth-order valence-electron chi connectivity index (χ4n) is 2.88. The van der Waals surface area contributed by atoms with Gasteiger partial charge in [0.05, 0.1) is 29.9 Å². The average Bonchev–Trinajstić information content (AvgIpc) is 3.07. The second-order valence-corrected chi connectivity index (χ2v) is 10.7. The highest BCUT2D eigenvalue weighted by Gasteiger charge is 2.34. The Morgan fingerprint density at radius 3 is 2.60 bits per heavy atom. The molecule has 0 aromatic carbocycles. The van der Waals surface area contributed by atoms with E-state index in [0.29, 0.717) is 16.9 Å². The Hall–Kier alpha value is -2.72. The fraction of sp³-hybridized carbons (Fsp3) is 0.400. The molecule has 3 rings (SSSR count).